The van der Waals surface area contributed by atoms with E-state index in [9.17, 15) is 21.6 Å². The summed E-state index contributed by atoms with van der Waals surface area (Å²) >= 11 is 0. The molecular formula is C14H27F3N4O2S. The monoisotopic (exact) mass is 372 g/mol. The van der Waals surface area contributed by atoms with Crippen molar-refractivity contribution in [1.82, 2.24) is 14.9 Å². The number of hydrogen-bond donors (Lipinski definition) is 2. The zero-order valence-corrected chi connectivity index (χ0v) is 15.2. The van der Waals surface area contributed by atoms with Crippen LogP contribution >= 0.6 is 0 Å². The first-order valence-corrected chi connectivity index (χ1v) is 9.67. The lowest BCUT2D eigenvalue weighted by atomic mass is 9.98. The van der Waals surface area contributed by atoms with Crippen molar-refractivity contribution in [3.05, 3.63) is 0 Å². The third-order valence-corrected chi connectivity index (χ3v) is 5.68. The van der Waals surface area contributed by atoms with Gasteiger partial charge in [0.2, 0.25) is 0 Å². The van der Waals surface area contributed by atoms with Gasteiger partial charge in [-0.05, 0) is 39.0 Å². The molecule has 0 saturated carbocycles. The summed E-state index contributed by atoms with van der Waals surface area (Å²) in [5.41, 5.74) is -5.23. The van der Waals surface area contributed by atoms with Gasteiger partial charge < -0.3 is 10.6 Å². The zero-order valence-electron chi connectivity index (χ0n) is 14.4. The van der Waals surface area contributed by atoms with E-state index >= 15 is 0 Å². The normalized spacial score (nSPS) is 20.0. The van der Waals surface area contributed by atoms with E-state index in [4.69, 9.17) is 0 Å². The molecule has 24 heavy (non-hydrogen) atoms. The number of alkyl halides is 3. The third-order valence-electron chi connectivity index (χ3n) is 4.05. The smallest absolute Gasteiger partial charge is 0.357 e. The molecule has 6 nitrogen and oxygen atoms in total. The maximum atomic E-state index is 12.5. The van der Waals surface area contributed by atoms with E-state index in [2.05, 4.69) is 22.5 Å². The number of piperidine rings is 1. The summed E-state index contributed by atoms with van der Waals surface area (Å²) in [6.07, 6.45) is 1.70. The lowest BCUT2D eigenvalue weighted by Gasteiger charge is -2.31. The quantitative estimate of drug-likeness (QED) is 0.552. The van der Waals surface area contributed by atoms with Crippen LogP contribution in [0, 0.1) is 5.92 Å². The molecule has 1 saturated heterocycles. The maximum Gasteiger partial charge on any atom is 0.511 e. The van der Waals surface area contributed by atoms with Gasteiger partial charge in [0, 0.05) is 32.2 Å². The van der Waals surface area contributed by atoms with Crippen LogP contribution in [-0.2, 0) is 10.0 Å². The van der Waals surface area contributed by atoms with E-state index in [1.54, 1.807) is 0 Å². The Kier molecular flexibility index (Phi) is 7.78. The fraction of sp³-hybridized carbons (Fsp3) is 0.929. The van der Waals surface area contributed by atoms with Crippen LogP contribution < -0.4 is 10.6 Å². The summed E-state index contributed by atoms with van der Waals surface area (Å²) in [5.74, 6) is 0.759. The molecule has 142 valence electrons. The van der Waals surface area contributed by atoms with Crippen LogP contribution in [0.25, 0.3) is 0 Å². The summed E-state index contributed by atoms with van der Waals surface area (Å²) < 4.78 is 60.9. The van der Waals surface area contributed by atoms with Crippen LogP contribution in [-0.4, -0.2) is 56.4 Å². The molecule has 1 fully saturated rings. The summed E-state index contributed by atoms with van der Waals surface area (Å²) in [5, 5.41) is 6.37. The second-order valence-electron chi connectivity index (χ2n) is 5.97. The number of nitrogens with zero attached hydrogens (tertiary/aromatic N) is 2. The minimum absolute atomic E-state index is 0.0806. The number of rotatable bonds is 6. The van der Waals surface area contributed by atoms with E-state index in [1.807, 2.05) is 13.8 Å². The Morgan fingerprint density at radius 2 is 1.88 bits per heavy atom. The average Bonchev–Trinajstić information content (AvgIpc) is 2.52. The van der Waals surface area contributed by atoms with Gasteiger partial charge in [0.15, 0.2) is 5.96 Å². The molecule has 10 heteroatoms. The van der Waals surface area contributed by atoms with Gasteiger partial charge in [0.05, 0.1) is 0 Å². The minimum Gasteiger partial charge on any atom is -0.357 e. The van der Waals surface area contributed by atoms with Crippen molar-refractivity contribution in [3.63, 3.8) is 0 Å². The van der Waals surface area contributed by atoms with Crippen molar-refractivity contribution in [2.45, 2.75) is 51.6 Å². The van der Waals surface area contributed by atoms with E-state index < -0.39 is 15.5 Å². The molecule has 1 aliphatic heterocycles. The Labute approximate surface area is 141 Å². The van der Waals surface area contributed by atoms with Crippen molar-refractivity contribution in [1.29, 1.82) is 0 Å². The zero-order chi connectivity index (χ0) is 18.4. The highest BCUT2D eigenvalue weighted by Crippen LogP contribution is 2.30. The van der Waals surface area contributed by atoms with Gasteiger partial charge in [0.25, 0.3) is 0 Å². The van der Waals surface area contributed by atoms with Crippen LogP contribution in [0.2, 0.25) is 0 Å². The highest BCUT2D eigenvalue weighted by molar-refractivity contribution is 7.90. The summed E-state index contributed by atoms with van der Waals surface area (Å²) in [4.78, 5) is 4.47. The number of halogens is 3. The molecule has 0 spiro atoms. The Bertz CT molecular complexity index is 515. The van der Waals surface area contributed by atoms with Gasteiger partial charge in [0.1, 0.15) is 0 Å². The van der Waals surface area contributed by atoms with Crippen LogP contribution in [0.1, 0.15) is 40.0 Å². The first-order chi connectivity index (χ1) is 11.1. The van der Waals surface area contributed by atoms with E-state index in [1.165, 1.54) is 0 Å². The highest BCUT2D eigenvalue weighted by atomic mass is 32.2. The van der Waals surface area contributed by atoms with Gasteiger partial charge in [-0.15, -0.1) is 0 Å². The molecule has 2 N–H and O–H groups in total. The van der Waals surface area contributed by atoms with Crippen molar-refractivity contribution in [2.75, 3.05) is 26.2 Å². The predicted molar refractivity (Wildman–Crippen MR) is 88.1 cm³/mol. The molecule has 0 bridgehead atoms. The Hall–Kier alpha value is -1.03. The van der Waals surface area contributed by atoms with E-state index in [0.29, 0.717) is 36.2 Å². The molecule has 0 amide bonds. The summed E-state index contributed by atoms with van der Waals surface area (Å²) in [6.45, 7) is 6.99. The van der Waals surface area contributed by atoms with E-state index in [0.717, 1.165) is 6.42 Å². The summed E-state index contributed by atoms with van der Waals surface area (Å²) in [7, 11) is -5.21. The third kappa shape index (κ3) is 5.80. The standard InChI is InChI=1S/C14H27F3N4O2S/c1-4-11(3)20-13(18-5-2)19-10-12-6-8-21(9-7-12)24(22,23)14(15,16)17/h11-12H,4-10H2,1-3H3,(H2,18,19,20). The second-order valence-corrected chi connectivity index (χ2v) is 7.90. The van der Waals surface area contributed by atoms with Gasteiger partial charge in [-0.2, -0.15) is 17.5 Å². The van der Waals surface area contributed by atoms with Crippen molar-refractivity contribution >= 4 is 16.0 Å². The number of guanidine groups is 1. The highest BCUT2D eigenvalue weighted by Gasteiger charge is 2.50. The SMILES string of the molecule is CCNC(=NCC1CCN(S(=O)(=O)C(F)(F)F)CC1)NC(C)CC. The molecule has 0 aromatic heterocycles. The Morgan fingerprint density at radius 1 is 1.29 bits per heavy atom. The van der Waals surface area contributed by atoms with Crippen LogP contribution in [0.3, 0.4) is 0 Å². The largest absolute Gasteiger partial charge is 0.511 e. The van der Waals surface area contributed by atoms with Gasteiger partial charge >= 0.3 is 15.5 Å². The number of sulfonamides is 1. The topological polar surface area (TPSA) is 73.8 Å². The Balaban J connectivity index is 2.57. The molecule has 0 aromatic carbocycles. The lowest BCUT2D eigenvalue weighted by molar-refractivity contribution is -0.0496. The van der Waals surface area contributed by atoms with Gasteiger partial charge in [-0.25, -0.2) is 8.42 Å². The predicted octanol–water partition coefficient (Wildman–Crippen LogP) is 1.90. The molecule has 1 aliphatic rings. The lowest BCUT2D eigenvalue weighted by Crippen LogP contribution is -2.45. The number of aliphatic imine (C=N–C) groups is 1. The molecular weight excluding hydrogens is 345 g/mol. The number of nitrogens with one attached hydrogen (secondary N) is 2. The van der Waals surface area contributed by atoms with Gasteiger partial charge in [-0.1, -0.05) is 6.92 Å². The Morgan fingerprint density at radius 3 is 2.33 bits per heavy atom. The van der Waals surface area contributed by atoms with Crippen molar-refractivity contribution < 1.29 is 21.6 Å². The van der Waals surface area contributed by atoms with E-state index in [-0.39, 0.29) is 25.0 Å². The second kappa shape index (κ2) is 8.89. The fourth-order valence-corrected chi connectivity index (χ4v) is 3.34. The van der Waals surface area contributed by atoms with Crippen molar-refractivity contribution in [2.24, 2.45) is 10.9 Å². The van der Waals surface area contributed by atoms with Crippen LogP contribution in [0.5, 0.6) is 0 Å². The first-order valence-electron chi connectivity index (χ1n) is 8.23. The molecule has 0 radical (unpaired) electrons. The van der Waals surface area contributed by atoms with Crippen LogP contribution in [0.4, 0.5) is 13.2 Å². The minimum atomic E-state index is -5.23. The molecule has 1 rings (SSSR count). The number of hydrogen-bond acceptors (Lipinski definition) is 3. The molecule has 0 aliphatic carbocycles. The molecule has 1 unspecified atom stereocenters. The van der Waals surface area contributed by atoms with Crippen molar-refractivity contribution in [3.8, 4) is 0 Å². The molecule has 1 atom stereocenters. The average molecular weight is 372 g/mol. The summed E-state index contributed by atoms with van der Waals surface area (Å²) in [6, 6.07) is 0.265. The fourth-order valence-electron chi connectivity index (χ4n) is 2.35. The van der Waals surface area contributed by atoms with Gasteiger partial charge in [-0.3, -0.25) is 4.99 Å². The molecule has 0 aromatic rings. The first kappa shape index (κ1) is 21.0. The van der Waals surface area contributed by atoms with Crippen LogP contribution in [0.15, 0.2) is 4.99 Å². The maximum absolute atomic E-state index is 12.5. The molecule has 1 heterocycles.